The number of aromatic nitrogens is 2. The van der Waals surface area contributed by atoms with Crippen molar-refractivity contribution in [2.75, 3.05) is 0 Å². The molecule has 0 aliphatic rings. The van der Waals surface area contributed by atoms with Gasteiger partial charge in [0.05, 0.1) is 79.5 Å². The Morgan fingerprint density at radius 1 is 0.442 bits per heavy atom. The van der Waals surface area contributed by atoms with E-state index in [4.69, 9.17) is 0 Å². The van der Waals surface area contributed by atoms with Crippen LogP contribution >= 0.6 is 0 Å². The first-order valence-electron chi connectivity index (χ1n) is 15.7. The zero-order chi connectivity index (χ0) is 36.5. The van der Waals surface area contributed by atoms with E-state index in [0.29, 0.717) is 67.6 Å². The highest BCUT2D eigenvalue weighted by atomic mass is 19.4. The van der Waals surface area contributed by atoms with Crippen LogP contribution in [0, 0.1) is 34.0 Å². The van der Waals surface area contributed by atoms with E-state index in [2.05, 4.69) is 12.1 Å². The molecule has 0 N–H and O–H groups in total. The summed E-state index contributed by atoms with van der Waals surface area (Å²) < 4.78 is 91.1. The lowest BCUT2D eigenvalue weighted by molar-refractivity contribution is -0.142. The molecule has 2 aromatic heterocycles. The smallest absolute Gasteiger partial charge is 0.307 e. The number of nitriles is 3. The predicted molar refractivity (Wildman–Crippen MR) is 185 cm³/mol. The lowest BCUT2D eigenvalue weighted by Crippen LogP contribution is -2.15. The maximum atomic E-state index is 14.6. The van der Waals surface area contributed by atoms with Crippen LogP contribution in [0.25, 0.3) is 66.1 Å². The minimum absolute atomic E-state index is 0.169. The van der Waals surface area contributed by atoms with Gasteiger partial charge < -0.3 is 9.13 Å². The fourth-order valence-corrected chi connectivity index (χ4v) is 7.15. The second-order valence-electron chi connectivity index (χ2n) is 12.1. The molecule has 0 saturated carbocycles. The Morgan fingerprint density at radius 3 is 1.33 bits per heavy atom. The van der Waals surface area contributed by atoms with Crippen molar-refractivity contribution in [1.29, 1.82) is 15.8 Å². The van der Waals surface area contributed by atoms with Gasteiger partial charge in [-0.25, -0.2) is 0 Å². The number of hydrogen-bond donors (Lipinski definition) is 0. The van der Waals surface area contributed by atoms with Crippen molar-refractivity contribution in [2.24, 2.45) is 0 Å². The number of fused-ring (bicyclic) bond motifs is 6. The minimum Gasteiger partial charge on any atom is -0.307 e. The van der Waals surface area contributed by atoms with Gasteiger partial charge in [0.1, 0.15) is 0 Å². The first-order valence-corrected chi connectivity index (χ1v) is 15.7. The summed E-state index contributed by atoms with van der Waals surface area (Å²) in [5.41, 5.74) is -1.80. The van der Waals surface area contributed by atoms with Crippen LogP contribution in [0.15, 0.2) is 115 Å². The lowest BCUT2D eigenvalue weighted by atomic mass is 9.89. The van der Waals surface area contributed by atoms with Crippen LogP contribution in [0.4, 0.5) is 26.3 Å². The van der Waals surface area contributed by atoms with E-state index in [1.54, 1.807) is 75.9 Å². The maximum Gasteiger partial charge on any atom is 0.417 e. The standard InChI is InChI=1S/C41H19F6N5/c42-40(43,44)31-8-5-9-32(41(45,46)47)39(31)28-19-38(52-34-11-4-2-7-27(34)30-17-24(21-49)13-15-36(30)52)37(18-25(28)22-50)51-33-10-3-1-6-26(33)29-16-23(20-48)12-14-35(29)51/h1-19H. The van der Waals surface area contributed by atoms with Crippen molar-refractivity contribution >= 4 is 43.6 Å². The van der Waals surface area contributed by atoms with Crippen LogP contribution in [-0.2, 0) is 12.4 Å². The van der Waals surface area contributed by atoms with Crippen LogP contribution in [-0.4, -0.2) is 9.13 Å². The molecule has 6 aromatic carbocycles. The Labute approximate surface area is 290 Å². The van der Waals surface area contributed by atoms with E-state index in [1.807, 2.05) is 24.3 Å². The average Bonchev–Trinajstić information content (AvgIpc) is 3.65. The highest BCUT2D eigenvalue weighted by Gasteiger charge is 2.42. The first-order chi connectivity index (χ1) is 24.9. The molecule has 0 saturated heterocycles. The number of rotatable bonds is 3. The molecular formula is C41H19F6N5. The molecule has 0 amide bonds. The summed E-state index contributed by atoms with van der Waals surface area (Å²) in [6.45, 7) is 0. The molecule has 52 heavy (non-hydrogen) atoms. The molecule has 0 fully saturated rings. The van der Waals surface area contributed by atoms with E-state index in [9.17, 15) is 42.1 Å². The van der Waals surface area contributed by atoms with Crippen LogP contribution in [0.3, 0.4) is 0 Å². The highest BCUT2D eigenvalue weighted by Crippen LogP contribution is 2.48. The summed E-state index contributed by atoms with van der Waals surface area (Å²) in [6.07, 6.45) is -10.4. The SMILES string of the molecule is N#Cc1ccc2c(c1)c1ccccc1n2-c1cc(C#N)c(-c2c(C(F)(F)F)cccc2C(F)(F)F)cc1-n1c2ccccc2c2cc(C#N)ccc21. The van der Waals surface area contributed by atoms with E-state index in [1.165, 1.54) is 12.1 Å². The number of alkyl halides is 6. The fourth-order valence-electron chi connectivity index (χ4n) is 7.15. The third kappa shape index (κ3) is 4.85. The molecule has 2 heterocycles. The molecule has 8 rings (SSSR count). The van der Waals surface area contributed by atoms with Crippen LogP contribution in [0.1, 0.15) is 27.8 Å². The molecule has 0 aliphatic carbocycles. The van der Waals surface area contributed by atoms with Crippen molar-refractivity contribution in [3.8, 4) is 40.7 Å². The zero-order valence-corrected chi connectivity index (χ0v) is 26.5. The van der Waals surface area contributed by atoms with E-state index in [-0.39, 0.29) is 11.4 Å². The Hall–Kier alpha value is -7.03. The monoisotopic (exact) mass is 695 g/mol. The number of para-hydroxylation sites is 2. The van der Waals surface area contributed by atoms with Gasteiger partial charge in [0.25, 0.3) is 0 Å². The van der Waals surface area contributed by atoms with Gasteiger partial charge >= 0.3 is 12.4 Å². The number of hydrogen-bond acceptors (Lipinski definition) is 3. The van der Waals surface area contributed by atoms with Crippen molar-refractivity contribution in [1.82, 2.24) is 9.13 Å². The molecule has 250 valence electrons. The van der Waals surface area contributed by atoms with Gasteiger partial charge in [-0.3, -0.25) is 0 Å². The molecule has 0 spiro atoms. The number of nitrogens with zero attached hydrogens (tertiary/aromatic N) is 5. The van der Waals surface area contributed by atoms with Gasteiger partial charge in [0.15, 0.2) is 0 Å². The van der Waals surface area contributed by atoms with Crippen molar-refractivity contribution < 1.29 is 26.3 Å². The quantitative estimate of drug-likeness (QED) is 0.173. The number of benzene rings is 6. The molecule has 0 radical (unpaired) electrons. The summed E-state index contributed by atoms with van der Waals surface area (Å²) in [7, 11) is 0. The van der Waals surface area contributed by atoms with Gasteiger partial charge in [-0.15, -0.1) is 0 Å². The largest absolute Gasteiger partial charge is 0.417 e. The van der Waals surface area contributed by atoms with Crippen LogP contribution in [0.5, 0.6) is 0 Å². The average molecular weight is 696 g/mol. The first kappa shape index (κ1) is 32.2. The predicted octanol–water partition coefficient (Wildman–Crippen LogP) is 11.2. The topological polar surface area (TPSA) is 81.2 Å². The summed E-state index contributed by atoms with van der Waals surface area (Å²) in [5, 5.41) is 32.6. The zero-order valence-electron chi connectivity index (χ0n) is 26.5. The number of halogens is 6. The van der Waals surface area contributed by atoms with Crippen LogP contribution < -0.4 is 0 Å². The molecular weight excluding hydrogens is 676 g/mol. The second-order valence-corrected chi connectivity index (χ2v) is 12.1. The van der Waals surface area contributed by atoms with Crippen molar-refractivity contribution in [2.45, 2.75) is 12.4 Å². The molecule has 0 unspecified atom stereocenters. The summed E-state index contributed by atoms with van der Waals surface area (Å²) in [5.74, 6) is 0. The van der Waals surface area contributed by atoms with E-state index < -0.39 is 40.2 Å². The van der Waals surface area contributed by atoms with Gasteiger partial charge in [0.2, 0.25) is 0 Å². The molecule has 0 bridgehead atoms. The Balaban J connectivity index is 1.61. The van der Waals surface area contributed by atoms with Gasteiger partial charge in [-0.2, -0.15) is 42.1 Å². The second kappa shape index (κ2) is 11.5. The third-order valence-electron chi connectivity index (χ3n) is 9.26. The molecule has 0 aliphatic heterocycles. The van der Waals surface area contributed by atoms with E-state index >= 15 is 0 Å². The maximum absolute atomic E-state index is 14.6. The molecule has 5 nitrogen and oxygen atoms in total. The van der Waals surface area contributed by atoms with E-state index in [0.717, 1.165) is 5.39 Å². The van der Waals surface area contributed by atoms with Gasteiger partial charge in [-0.1, -0.05) is 42.5 Å². The fraction of sp³-hybridized carbons (Fsp3) is 0.0488. The summed E-state index contributed by atoms with van der Waals surface area (Å²) in [4.78, 5) is 0. The molecule has 11 heteroatoms. The lowest BCUT2D eigenvalue weighted by Gasteiger charge is -2.23. The Morgan fingerprint density at radius 2 is 0.885 bits per heavy atom. The summed E-state index contributed by atoms with van der Waals surface area (Å²) >= 11 is 0. The minimum atomic E-state index is -5.20. The van der Waals surface area contributed by atoms with Gasteiger partial charge in [-0.05, 0) is 72.8 Å². The Kier molecular flexibility index (Phi) is 7.13. The Bertz CT molecular complexity index is 2890. The normalized spacial score (nSPS) is 12.0. The van der Waals surface area contributed by atoms with Crippen LogP contribution in [0.2, 0.25) is 0 Å². The van der Waals surface area contributed by atoms with Crippen molar-refractivity contribution in [3.63, 3.8) is 0 Å². The van der Waals surface area contributed by atoms with Crippen molar-refractivity contribution in [3.05, 3.63) is 143 Å². The molecule has 8 aromatic rings. The van der Waals surface area contributed by atoms with Gasteiger partial charge in [0, 0.05) is 32.7 Å². The third-order valence-corrected chi connectivity index (χ3v) is 9.26. The molecule has 0 atom stereocenters. The summed E-state index contributed by atoms with van der Waals surface area (Å²) in [6, 6.07) is 34.8. The highest BCUT2D eigenvalue weighted by molar-refractivity contribution is 6.12.